The molecule has 0 aromatic heterocycles. The van der Waals surface area contributed by atoms with E-state index in [-0.39, 0.29) is 0 Å². The van der Waals surface area contributed by atoms with Crippen LogP contribution in [0, 0.1) is 0 Å². The number of rotatable bonds is 4. The number of nitrogens with two attached hydrogens (primary N) is 2. The molecule has 0 amide bonds. The quantitative estimate of drug-likeness (QED) is 0.361. The first-order valence-corrected chi connectivity index (χ1v) is 10.9. The minimum atomic E-state index is -0.551. The van der Waals surface area contributed by atoms with Gasteiger partial charge in [-0.3, -0.25) is 0 Å². The normalized spacial score (nSPS) is 17.7. The Kier molecular flexibility index (Phi) is 5.22. The Morgan fingerprint density at radius 1 is 0.625 bits per heavy atom. The maximum absolute atomic E-state index is 6.85. The molecule has 2 heteroatoms. The molecule has 0 radical (unpaired) electrons. The van der Waals surface area contributed by atoms with Crippen LogP contribution in [0.5, 0.6) is 0 Å². The topological polar surface area (TPSA) is 52.0 Å². The van der Waals surface area contributed by atoms with Gasteiger partial charge >= 0.3 is 0 Å². The summed E-state index contributed by atoms with van der Waals surface area (Å²) in [5, 5.41) is 0. The molecule has 4 aromatic carbocycles. The lowest BCUT2D eigenvalue weighted by atomic mass is 9.81. The maximum atomic E-state index is 6.85. The molecule has 1 aliphatic rings. The van der Waals surface area contributed by atoms with E-state index in [4.69, 9.17) is 11.5 Å². The van der Waals surface area contributed by atoms with Gasteiger partial charge in [-0.2, -0.15) is 0 Å². The molecule has 1 aliphatic carbocycles. The molecule has 0 bridgehead atoms. The molecule has 2 nitrogen and oxygen atoms in total. The monoisotopic (exact) mass is 414 g/mol. The standard InChI is InChI=1S/C30H26N2/c31-29-16-15-27(30(32)19-17-25(18-20-30)23-9-5-2-6-10-23)21-28(29)26-13-11-24(12-14-26)22-7-3-1-4-8-22/h1-19,21H,20,31-32H2. The van der Waals surface area contributed by atoms with E-state index in [9.17, 15) is 0 Å². The number of anilines is 1. The summed E-state index contributed by atoms with van der Waals surface area (Å²) in [6, 6.07) is 35.5. The van der Waals surface area contributed by atoms with E-state index in [1.54, 1.807) is 0 Å². The summed E-state index contributed by atoms with van der Waals surface area (Å²) in [6.07, 6.45) is 7.21. The summed E-state index contributed by atoms with van der Waals surface area (Å²) in [4.78, 5) is 0. The van der Waals surface area contributed by atoms with Crippen molar-refractivity contribution in [3.8, 4) is 22.3 Å². The molecule has 0 heterocycles. The third-order valence-corrected chi connectivity index (χ3v) is 6.22. The lowest BCUT2D eigenvalue weighted by molar-refractivity contribution is 0.567. The summed E-state index contributed by atoms with van der Waals surface area (Å²) >= 11 is 0. The summed E-state index contributed by atoms with van der Waals surface area (Å²) in [5.74, 6) is 0. The van der Waals surface area contributed by atoms with Crippen LogP contribution in [-0.4, -0.2) is 0 Å². The second-order valence-corrected chi connectivity index (χ2v) is 8.35. The predicted molar refractivity (Wildman–Crippen MR) is 136 cm³/mol. The van der Waals surface area contributed by atoms with E-state index in [1.165, 1.54) is 22.3 Å². The van der Waals surface area contributed by atoms with Gasteiger partial charge in [-0.05, 0) is 51.9 Å². The number of allylic oxidation sites excluding steroid dienone is 2. The molecule has 5 rings (SSSR count). The predicted octanol–water partition coefficient (Wildman–Crippen LogP) is 6.80. The SMILES string of the molecule is Nc1ccc(C2(N)C=CC(c3ccccc3)=CC2)cc1-c1ccc(-c2ccccc2)cc1. The molecule has 0 aliphatic heterocycles. The van der Waals surface area contributed by atoms with Crippen LogP contribution in [0.15, 0.2) is 121 Å². The van der Waals surface area contributed by atoms with Crippen LogP contribution in [0.2, 0.25) is 0 Å². The summed E-state index contributed by atoms with van der Waals surface area (Å²) in [5.41, 5.74) is 21.4. The second-order valence-electron chi connectivity index (χ2n) is 8.35. The van der Waals surface area contributed by atoms with Crippen molar-refractivity contribution < 1.29 is 0 Å². The van der Waals surface area contributed by atoms with Crippen molar-refractivity contribution in [3.05, 3.63) is 132 Å². The van der Waals surface area contributed by atoms with E-state index in [0.29, 0.717) is 0 Å². The number of hydrogen-bond acceptors (Lipinski definition) is 2. The molecule has 32 heavy (non-hydrogen) atoms. The Hall–Kier alpha value is -3.88. The Morgan fingerprint density at radius 2 is 1.22 bits per heavy atom. The largest absolute Gasteiger partial charge is 0.398 e. The van der Waals surface area contributed by atoms with Crippen molar-refractivity contribution >= 4 is 11.3 Å². The van der Waals surface area contributed by atoms with Crippen LogP contribution >= 0.6 is 0 Å². The highest BCUT2D eigenvalue weighted by molar-refractivity contribution is 5.80. The van der Waals surface area contributed by atoms with Gasteiger partial charge in [0.15, 0.2) is 0 Å². The van der Waals surface area contributed by atoms with E-state index in [2.05, 4.69) is 97.1 Å². The number of benzene rings is 4. The van der Waals surface area contributed by atoms with Gasteiger partial charge < -0.3 is 11.5 Å². The zero-order valence-electron chi connectivity index (χ0n) is 17.9. The Bertz CT molecular complexity index is 1290. The first-order chi connectivity index (χ1) is 15.6. The second kappa shape index (κ2) is 8.33. The highest BCUT2D eigenvalue weighted by atomic mass is 14.7. The van der Waals surface area contributed by atoms with E-state index >= 15 is 0 Å². The fourth-order valence-corrected chi connectivity index (χ4v) is 4.28. The van der Waals surface area contributed by atoms with Crippen molar-refractivity contribution in [2.45, 2.75) is 12.0 Å². The Labute approximate surface area is 189 Å². The lowest BCUT2D eigenvalue weighted by Gasteiger charge is -2.29. The van der Waals surface area contributed by atoms with Gasteiger partial charge in [-0.1, -0.05) is 109 Å². The molecule has 1 atom stereocenters. The van der Waals surface area contributed by atoms with Crippen molar-refractivity contribution in [3.63, 3.8) is 0 Å². The first-order valence-electron chi connectivity index (χ1n) is 10.9. The summed E-state index contributed by atoms with van der Waals surface area (Å²) < 4.78 is 0. The molecule has 0 fully saturated rings. The summed E-state index contributed by atoms with van der Waals surface area (Å²) in [7, 11) is 0. The highest BCUT2D eigenvalue weighted by Crippen LogP contribution is 2.36. The fourth-order valence-electron chi connectivity index (χ4n) is 4.28. The average molecular weight is 415 g/mol. The van der Waals surface area contributed by atoms with Gasteiger partial charge in [-0.25, -0.2) is 0 Å². The third kappa shape index (κ3) is 3.89. The molecule has 4 N–H and O–H groups in total. The van der Waals surface area contributed by atoms with Crippen molar-refractivity contribution in [2.24, 2.45) is 5.73 Å². The van der Waals surface area contributed by atoms with Crippen molar-refractivity contribution in [1.82, 2.24) is 0 Å². The Morgan fingerprint density at radius 3 is 1.84 bits per heavy atom. The first kappa shape index (κ1) is 20.0. The van der Waals surface area contributed by atoms with E-state index in [1.807, 2.05) is 24.3 Å². The molecule has 0 spiro atoms. The van der Waals surface area contributed by atoms with E-state index < -0.39 is 5.54 Å². The zero-order valence-corrected chi connectivity index (χ0v) is 17.9. The molecule has 0 saturated heterocycles. The van der Waals surface area contributed by atoms with Gasteiger partial charge in [0, 0.05) is 11.3 Å². The van der Waals surface area contributed by atoms with Gasteiger partial charge in [0.2, 0.25) is 0 Å². The van der Waals surface area contributed by atoms with Crippen LogP contribution in [0.25, 0.3) is 27.8 Å². The zero-order chi connectivity index (χ0) is 22.0. The number of nitrogen functional groups attached to an aromatic ring is 1. The fraction of sp³-hybridized carbons (Fsp3) is 0.0667. The molecular formula is C30H26N2. The van der Waals surface area contributed by atoms with Crippen LogP contribution in [0.4, 0.5) is 5.69 Å². The van der Waals surface area contributed by atoms with Crippen LogP contribution < -0.4 is 11.5 Å². The van der Waals surface area contributed by atoms with Gasteiger partial charge in [0.05, 0.1) is 5.54 Å². The maximum Gasteiger partial charge on any atom is 0.0634 e. The molecular weight excluding hydrogens is 388 g/mol. The van der Waals surface area contributed by atoms with Crippen molar-refractivity contribution in [1.29, 1.82) is 0 Å². The smallest absolute Gasteiger partial charge is 0.0634 e. The molecule has 4 aromatic rings. The molecule has 1 unspecified atom stereocenters. The van der Waals surface area contributed by atoms with E-state index in [0.717, 1.165) is 28.8 Å². The van der Waals surface area contributed by atoms with Crippen LogP contribution in [-0.2, 0) is 5.54 Å². The van der Waals surface area contributed by atoms with Crippen LogP contribution in [0.3, 0.4) is 0 Å². The van der Waals surface area contributed by atoms with Crippen LogP contribution in [0.1, 0.15) is 17.5 Å². The molecule has 156 valence electrons. The summed E-state index contributed by atoms with van der Waals surface area (Å²) in [6.45, 7) is 0. The van der Waals surface area contributed by atoms with Gasteiger partial charge in [0.25, 0.3) is 0 Å². The molecule has 0 saturated carbocycles. The number of hydrogen-bond donors (Lipinski definition) is 2. The van der Waals surface area contributed by atoms with Gasteiger partial charge in [0.1, 0.15) is 0 Å². The third-order valence-electron chi connectivity index (χ3n) is 6.22. The van der Waals surface area contributed by atoms with Gasteiger partial charge in [-0.15, -0.1) is 0 Å². The minimum absolute atomic E-state index is 0.551. The highest BCUT2D eigenvalue weighted by Gasteiger charge is 2.26. The van der Waals surface area contributed by atoms with Crippen molar-refractivity contribution in [2.75, 3.05) is 5.73 Å². The average Bonchev–Trinajstić information content (AvgIpc) is 2.86. The Balaban J connectivity index is 1.43. The lowest BCUT2D eigenvalue weighted by Crippen LogP contribution is -2.35. The minimum Gasteiger partial charge on any atom is -0.398 e.